The second-order valence-electron chi connectivity index (χ2n) is 9.50. The number of carbonyl (C=O) groups is 1. The zero-order valence-corrected chi connectivity index (χ0v) is 20.9. The van der Waals surface area contributed by atoms with Gasteiger partial charge in [-0.05, 0) is 53.9 Å². The molecule has 0 bridgehead atoms. The van der Waals surface area contributed by atoms with Crippen LogP contribution in [-0.2, 0) is 18.4 Å². The van der Waals surface area contributed by atoms with Crippen molar-refractivity contribution < 1.29 is 9.53 Å². The molecular weight excluding hydrogens is 478 g/mol. The van der Waals surface area contributed by atoms with Crippen LogP contribution in [0.4, 0.5) is 11.5 Å². The Hall–Kier alpha value is -5.05. The second kappa shape index (κ2) is 8.24. The van der Waals surface area contributed by atoms with E-state index in [2.05, 4.69) is 42.5 Å². The molecule has 0 saturated carbocycles. The van der Waals surface area contributed by atoms with Crippen molar-refractivity contribution in [2.45, 2.75) is 13.5 Å². The fraction of sp³-hybridized carbons (Fsp3) is 0.138. The third kappa shape index (κ3) is 3.36. The number of benzene rings is 2. The summed E-state index contributed by atoms with van der Waals surface area (Å²) >= 11 is 0. The zero-order valence-electron chi connectivity index (χ0n) is 20.9. The number of amides is 1. The Balaban J connectivity index is 1.35. The second-order valence-corrected chi connectivity index (χ2v) is 9.50. The summed E-state index contributed by atoms with van der Waals surface area (Å²) in [6.45, 7) is 6.83. The molecule has 7 rings (SSSR count). The van der Waals surface area contributed by atoms with E-state index in [0.717, 1.165) is 56.2 Å². The fourth-order valence-corrected chi connectivity index (χ4v) is 5.21. The third-order valence-corrected chi connectivity index (χ3v) is 7.09. The van der Waals surface area contributed by atoms with Crippen LogP contribution in [0, 0.1) is 6.92 Å². The molecule has 9 nitrogen and oxygen atoms in total. The summed E-state index contributed by atoms with van der Waals surface area (Å²) in [5.74, 6) is 1.42. The zero-order chi connectivity index (χ0) is 26.0. The van der Waals surface area contributed by atoms with Crippen LogP contribution in [0.3, 0.4) is 0 Å². The van der Waals surface area contributed by atoms with E-state index >= 15 is 0 Å². The van der Waals surface area contributed by atoms with Gasteiger partial charge < -0.3 is 19.5 Å². The van der Waals surface area contributed by atoms with E-state index in [-0.39, 0.29) is 5.91 Å². The van der Waals surface area contributed by atoms with Gasteiger partial charge in [0.15, 0.2) is 0 Å². The summed E-state index contributed by atoms with van der Waals surface area (Å²) in [4.78, 5) is 31.6. The SMILES string of the molecule is C=C1CN(c2ccc(-c3c4c5c(ncnc5n3C)NCc3cc(Oc5nccc(C)n5)ccc3-4)cc2)C1=O. The maximum Gasteiger partial charge on any atom is 0.322 e. The summed E-state index contributed by atoms with van der Waals surface area (Å²) in [6, 6.07) is 16.2. The highest BCUT2D eigenvalue weighted by Crippen LogP contribution is 2.46. The first-order valence-corrected chi connectivity index (χ1v) is 12.3. The average molecular weight is 502 g/mol. The Morgan fingerprint density at radius 2 is 1.89 bits per heavy atom. The minimum Gasteiger partial charge on any atom is -0.424 e. The fourth-order valence-electron chi connectivity index (χ4n) is 5.21. The Labute approximate surface area is 218 Å². The molecule has 9 heteroatoms. The molecule has 38 heavy (non-hydrogen) atoms. The van der Waals surface area contributed by atoms with Crippen LogP contribution in [-0.4, -0.2) is 37.0 Å². The molecule has 2 aliphatic heterocycles. The third-order valence-electron chi connectivity index (χ3n) is 7.09. The van der Waals surface area contributed by atoms with Crippen LogP contribution in [0.1, 0.15) is 11.3 Å². The molecule has 1 fully saturated rings. The number of fused-ring (bicyclic) bond motifs is 2. The van der Waals surface area contributed by atoms with Gasteiger partial charge in [-0.2, -0.15) is 0 Å². The molecule has 0 aliphatic carbocycles. The van der Waals surface area contributed by atoms with Gasteiger partial charge in [0.1, 0.15) is 23.5 Å². The molecule has 3 aromatic heterocycles. The molecule has 2 aromatic carbocycles. The maximum atomic E-state index is 12.2. The lowest BCUT2D eigenvalue weighted by molar-refractivity contribution is -0.117. The molecule has 2 aliphatic rings. The minimum atomic E-state index is -0.0251. The summed E-state index contributed by atoms with van der Waals surface area (Å²) in [6.07, 6.45) is 3.27. The van der Waals surface area contributed by atoms with Crippen molar-refractivity contribution >= 4 is 28.4 Å². The van der Waals surface area contributed by atoms with Crippen LogP contribution in [0.25, 0.3) is 33.4 Å². The van der Waals surface area contributed by atoms with Gasteiger partial charge in [-0.25, -0.2) is 19.9 Å². The highest BCUT2D eigenvalue weighted by atomic mass is 16.5. The van der Waals surface area contributed by atoms with E-state index in [1.807, 2.05) is 56.4 Å². The number of nitrogens with zero attached hydrogens (tertiary/aromatic N) is 6. The van der Waals surface area contributed by atoms with Gasteiger partial charge in [0.2, 0.25) is 0 Å². The summed E-state index contributed by atoms with van der Waals surface area (Å²) in [5.41, 5.74) is 8.40. The number of aromatic nitrogens is 5. The van der Waals surface area contributed by atoms with Crippen LogP contribution < -0.4 is 15.0 Å². The van der Waals surface area contributed by atoms with Gasteiger partial charge in [0.05, 0.1) is 17.6 Å². The summed E-state index contributed by atoms with van der Waals surface area (Å²) in [7, 11) is 2.02. The van der Waals surface area contributed by atoms with Crippen LogP contribution in [0.15, 0.2) is 73.2 Å². The lowest BCUT2D eigenvalue weighted by atomic mass is 9.95. The van der Waals surface area contributed by atoms with E-state index in [1.54, 1.807) is 17.4 Å². The van der Waals surface area contributed by atoms with E-state index in [9.17, 15) is 4.79 Å². The monoisotopic (exact) mass is 501 g/mol. The summed E-state index contributed by atoms with van der Waals surface area (Å²) in [5, 5.41) is 4.45. The predicted molar refractivity (Wildman–Crippen MR) is 145 cm³/mol. The molecule has 0 radical (unpaired) electrons. The number of anilines is 2. The largest absolute Gasteiger partial charge is 0.424 e. The van der Waals surface area contributed by atoms with Gasteiger partial charge in [0, 0.05) is 42.3 Å². The summed E-state index contributed by atoms with van der Waals surface area (Å²) < 4.78 is 8.08. The standard InChI is InChI=1S/C29H23N7O2/c1-16-14-36(28(16)37)20-6-4-18(5-7-20)25-23-22-9-8-21(38-29-30-11-10-17(2)34-29)12-19(22)13-31-26-24(23)27(35(25)3)33-15-32-26/h4-12,15H,1,13-14H2,2-3H3,(H,31,32,33). The van der Waals surface area contributed by atoms with Crippen molar-refractivity contribution in [2.75, 3.05) is 16.8 Å². The maximum absolute atomic E-state index is 12.2. The first-order valence-electron chi connectivity index (χ1n) is 12.3. The molecule has 0 unspecified atom stereocenters. The molecule has 5 aromatic rings. The van der Waals surface area contributed by atoms with Gasteiger partial charge in [-0.3, -0.25) is 4.79 Å². The number of nitrogens with one attached hydrogen (secondary N) is 1. The van der Waals surface area contributed by atoms with Gasteiger partial charge in [0.25, 0.3) is 5.91 Å². The lowest BCUT2D eigenvalue weighted by Crippen LogP contribution is -2.45. The molecule has 1 amide bonds. The van der Waals surface area contributed by atoms with Gasteiger partial charge in [-0.15, -0.1) is 0 Å². The molecule has 0 atom stereocenters. The average Bonchev–Trinajstić information content (AvgIpc) is 3.12. The Morgan fingerprint density at radius 3 is 2.66 bits per heavy atom. The van der Waals surface area contributed by atoms with Gasteiger partial charge >= 0.3 is 6.01 Å². The first-order chi connectivity index (χ1) is 18.5. The molecule has 5 heterocycles. The molecule has 1 saturated heterocycles. The Kier molecular flexibility index (Phi) is 4.81. The van der Waals surface area contributed by atoms with Crippen molar-refractivity contribution in [3.8, 4) is 34.1 Å². The Bertz CT molecular complexity index is 1790. The number of ether oxygens (including phenoxy) is 1. The number of β-lactam (4-membered cyclic amide) rings is 1. The van der Waals surface area contributed by atoms with Crippen molar-refractivity contribution in [1.29, 1.82) is 0 Å². The molecular formula is C29H23N7O2. The van der Waals surface area contributed by atoms with Crippen molar-refractivity contribution in [3.63, 3.8) is 0 Å². The van der Waals surface area contributed by atoms with Crippen molar-refractivity contribution in [3.05, 3.63) is 84.5 Å². The van der Waals surface area contributed by atoms with Gasteiger partial charge in [-0.1, -0.05) is 24.8 Å². The highest BCUT2D eigenvalue weighted by Gasteiger charge is 2.30. The smallest absolute Gasteiger partial charge is 0.322 e. The number of carbonyl (C=O) groups excluding carboxylic acids is 1. The molecule has 186 valence electrons. The van der Waals surface area contributed by atoms with Crippen LogP contribution >= 0.6 is 0 Å². The Morgan fingerprint density at radius 1 is 1.05 bits per heavy atom. The minimum absolute atomic E-state index is 0.0251. The number of hydrogen-bond acceptors (Lipinski definition) is 7. The van der Waals surface area contributed by atoms with Crippen LogP contribution in [0.5, 0.6) is 11.8 Å². The predicted octanol–water partition coefficient (Wildman–Crippen LogP) is 5.02. The molecule has 1 N–H and O–H groups in total. The van der Waals surface area contributed by atoms with E-state index in [0.29, 0.717) is 30.4 Å². The topological polar surface area (TPSA) is 98.1 Å². The molecule has 0 spiro atoms. The number of rotatable bonds is 4. The van der Waals surface area contributed by atoms with E-state index in [1.165, 1.54) is 0 Å². The number of aryl methyl sites for hydroxylation is 2. The van der Waals surface area contributed by atoms with E-state index < -0.39 is 0 Å². The van der Waals surface area contributed by atoms with Crippen molar-refractivity contribution in [2.24, 2.45) is 7.05 Å². The highest BCUT2D eigenvalue weighted by molar-refractivity contribution is 6.13. The van der Waals surface area contributed by atoms with Crippen molar-refractivity contribution in [1.82, 2.24) is 24.5 Å². The first kappa shape index (κ1) is 22.2. The quantitative estimate of drug-likeness (QED) is 0.273. The normalized spacial score (nSPS) is 14.1. The van der Waals surface area contributed by atoms with Crippen LogP contribution in [0.2, 0.25) is 0 Å². The lowest BCUT2D eigenvalue weighted by Gasteiger charge is -2.32. The van der Waals surface area contributed by atoms with E-state index in [4.69, 9.17) is 4.74 Å². The number of hydrogen-bond donors (Lipinski definition) is 1.